The molecule has 0 radical (unpaired) electrons. The Hall–Kier alpha value is -4.81. The number of ketones is 1. The predicted molar refractivity (Wildman–Crippen MR) is 211 cm³/mol. The Morgan fingerprint density at radius 1 is 0.882 bits per heavy atom. The molecule has 0 bridgehead atoms. The fraction of sp³-hybridized carbons (Fsp3) is 0.200. The largest absolute Gasteiger partial charge is 0.462 e. The Balaban J connectivity index is 1.20. The molecule has 3 N–H and O–H groups in total. The number of esters is 1. The number of carbonyl (C=O) groups is 3. The number of thiophene rings is 1. The van der Waals surface area contributed by atoms with Crippen molar-refractivity contribution in [1.82, 2.24) is 4.90 Å². The summed E-state index contributed by atoms with van der Waals surface area (Å²) in [4.78, 5) is 43.5. The summed E-state index contributed by atoms with van der Waals surface area (Å²) in [6.07, 6.45) is 0.694. The van der Waals surface area contributed by atoms with Gasteiger partial charge in [0.2, 0.25) is 5.91 Å². The minimum absolute atomic E-state index is 0.00104. The lowest BCUT2D eigenvalue weighted by Gasteiger charge is -2.27. The average molecular weight is 735 g/mol. The van der Waals surface area contributed by atoms with Crippen molar-refractivity contribution >= 4 is 74.5 Å². The van der Waals surface area contributed by atoms with Gasteiger partial charge in [-0.05, 0) is 91.6 Å². The third-order valence-electron chi connectivity index (χ3n) is 8.34. The summed E-state index contributed by atoms with van der Waals surface area (Å²) in [5.74, 6) is -0.649. The normalized spacial score (nSPS) is 13.1. The second-order valence-corrected chi connectivity index (χ2v) is 14.7. The lowest BCUT2D eigenvalue weighted by atomic mass is 10.0. The van der Waals surface area contributed by atoms with Gasteiger partial charge in [0.15, 0.2) is 10.9 Å². The average Bonchev–Trinajstić information content (AvgIpc) is 3.48. The molecule has 1 aromatic heterocycles. The number of hydrogen-bond donors (Lipinski definition) is 3. The van der Waals surface area contributed by atoms with E-state index in [0.717, 1.165) is 45.4 Å². The molecule has 8 nitrogen and oxygen atoms in total. The van der Waals surface area contributed by atoms with E-state index < -0.39 is 11.2 Å². The Labute approximate surface area is 311 Å². The number of amides is 1. The van der Waals surface area contributed by atoms with E-state index in [9.17, 15) is 14.4 Å². The molecule has 5 aromatic rings. The highest BCUT2D eigenvalue weighted by atomic mass is 32.2. The third-order valence-corrected chi connectivity index (χ3v) is 10.9. The van der Waals surface area contributed by atoms with Crippen LogP contribution in [0.25, 0.3) is 0 Å². The van der Waals surface area contributed by atoms with Crippen molar-refractivity contribution in [2.75, 3.05) is 29.1 Å². The van der Waals surface area contributed by atoms with Crippen LogP contribution in [-0.2, 0) is 29.0 Å². The maximum absolute atomic E-state index is 14.2. The van der Waals surface area contributed by atoms with Crippen LogP contribution in [0.4, 0.5) is 16.4 Å². The summed E-state index contributed by atoms with van der Waals surface area (Å²) in [5, 5.41) is 9.80. The van der Waals surface area contributed by atoms with Crippen molar-refractivity contribution in [1.29, 1.82) is 0 Å². The maximum Gasteiger partial charge on any atom is 0.341 e. The van der Waals surface area contributed by atoms with Gasteiger partial charge in [-0.15, -0.1) is 23.1 Å². The van der Waals surface area contributed by atoms with E-state index in [1.807, 2.05) is 72.8 Å². The lowest BCUT2D eigenvalue weighted by Crippen LogP contribution is -2.30. The molecule has 260 valence electrons. The SMILES string of the molecule is CCOC(=O)c1c(NC(=O)C(Sc2cccc(NC(=S)Nc3ccc(C(C)=O)cc3)c2)c2ccccc2)sc2c1CCN(Cc1ccccc1)C2. The first kappa shape index (κ1) is 36.0. The number of rotatable bonds is 12. The van der Waals surface area contributed by atoms with Gasteiger partial charge in [0.1, 0.15) is 10.3 Å². The van der Waals surface area contributed by atoms with Gasteiger partial charge in [-0.2, -0.15) is 0 Å². The summed E-state index contributed by atoms with van der Waals surface area (Å²) >= 11 is 8.42. The van der Waals surface area contributed by atoms with Gasteiger partial charge >= 0.3 is 5.97 Å². The van der Waals surface area contributed by atoms with Gasteiger partial charge in [-0.1, -0.05) is 66.7 Å². The number of anilines is 3. The zero-order valence-corrected chi connectivity index (χ0v) is 30.8. The van der Waals surface area contributed by atoms with E-state index in [2.05, 4.69) is 33.0 Å². The number of nitrogens with one attached hydrogen (secondary N) is 3. The second kappa shape index (κ2) is 16.9. The van der Waals surface area contributed by atoms with Gasteiger partial charge in [0.05, 0.1) is 12.2 Å². The Morgan fingerprint density at radius 2 is 1.59 bits per heavy atom. The van der Waals surface area contributed by atoms with Crippen LogP contribution in [0.2, 0.25) is 0 Å². The van der Waals surface area contributed by atoms with Gasteiger partial charge in [0.25, 0.3) is 0 Å². The Bertz CT molecular complexity index is 2020. The first-order valence-corrected chi connectivity index (χ1v) is 18.8. The quantitative estimate of drug-likeness (QED) is 0.0502. The molecule has 0 saturated heterocycles. The molecule has 6 rings (SSSR count). The van der Waals surface area contributed by atoms with Gasteiger partial charge in [-0.25, -0.2) is 4.79 Å². The number of thiocarbonyl (C=S) groups is 1. The summed E-state index contributed by atoms with van der Waals surface area (Å²) in [6, 6.07) is 34.8. The van der Waals surface area contributed by atoms with E-state index in [1.54, 1.807) is 31.2 Å². The fourth-order valence-electron chi connectivity index (χ4n) is 5.88. The molecule has 0 spiro atoms. The molecule has 51 heavy (non-hydrogen) atoms. The first-order chi connectivity index (χ1) is 24.8. The van der Waals surface area contributed by atoms with Crippen LogP contribution < -0.4 is 16.0 Å². The topological polar surface area (TPSA) is 99.8 Å². The Kier molecular flexibility index (Phi) is 12.0. The molecule has 1 aliphatic heterocycles. The summed E-state index contributed by atoms with van der Waals surface area (Å²) < 4.78 is 5.50. The fourth-order valence-corrected chi connectivity index (χ4v) is 8.48. The number of fused-ring (bicyclic) bond motifs is 1. The van der Waals surface area contributed by atoms with Crippen LogP contribution >= 0.6 is 35.3 Å². The van der Waals surface area contributed by atoms with Crippen LogP contribution in [0.5, 0.6) is 0 Å². The van der Waals surface area contributed by atoms with Crippen molar-refractivity contribution in [3.8, 4) is 0 Å². The number of thioether (sulfide) groups is 1. The molecular weight excluding hydrogens is 697 g/mol. The van der Waals surface area contributed by atoms with Gasteiger partial charge in [-0.3, -0.25) is 14.5 Å². The molecular formula is C40H38N4O4S3. The zero-order chi connectivity index (χ0) is 35.7. The number of ether oxygens (including phenoxy) is 1. The Morgan fingerprint density at radius 3 is 2.29 bits per heavy atom. The van der Waals surface area contributed by atoms with Crippen molar-refractivity contribution in [2.24, 2.45) is 0 Å². The number of nitrogens with zero attached hydrogens (tertiary/aromatic N) is 1. The van der Waals surface area contributed by atoms with Crippen LogP contribution in [0.3, 0.4) is 0 Å². The number of benzene rings is 4. The van der Waals surface area contributed by atoms with Gasteiger partial charge in [0, 0.05) is 46.3 Å². The summed E-state index contributed by atoms with van der Waals surface area (Å²) in [6.45, 7) is 5.86. The second-order valence-electron chi connectivity index (χ2n) is 12.0. The smallest absolute Gasteiger partial charge is 0.341 e. The highest BCUT2D eigenvalue weighted by molar-refractivity contribution is 8.00. The maximum atomic E-state index is 14.2. The van der Waals surface area contributed by atoms with Crippen LogP contribution in [0.15, 0.2) is 114 Å². The summed E-state index contributed by atoms with van der Waals surface area (Å²) in [7, 11) is 0. The highest BCUT2D eigenvalue weighted by Crippen LogP contribution is 2.41. The lowest BCUT2D eigenvalue weighted by molar-refractivity contribution is -0.115. The molecule has 1 atom stereocenters. The number of Topliss-reactive ketones (excluding diaryl/α,β-unsaturated/α-hetero) is 1. The van der Waals surface area contributed by atoms with Crippen molar-refractivity contribution in [2.45, 2.75) is 43.5 Å². The zero-order valence-electron chi connectivity index (χ0n) is 28.3. The molecule has 11 heteroatoms. The van der Waals surface area contributed by atoms with Crippen molar-refractivity contribution in [3.63, 3.8) is 0 Å². The van der Waals surface area contributed by atoms with Crippen LogP contribution in [0, 0.1) is 0 Å². The molecule has 1 amide bonds. The molecule has 0 saturated carbocycles. The summed E-state index contributed by atoms with van der Waals surface area (Å²) in [5.41, 5.74) is 5.62. The number of hydrogen-bond acceptors (Lipinski definition) is 8. The van der Waals surface area contributed by atoms with E-state index in [-0.39, 0.29) is 18.3 Å². The molecule has 0 fully saturated rings. The van der Waals surface area contributed by atoms with E-state index in [0.29, 0.717) is 34.2 Å². The van der Waals surface area contributed by atoms with Crippen LogP contribution in [0.1, 0.15) is 61.4 Å². The standard InChI is InChI=1S/C40H38N4O4S3/c1-3-48-39(47)35-33-21-22-44(24-27-11-6-4-7-12-27)25-34(33)51-38(35)43-37(46)36(29-13-8-5-9-14-29)50-32-16-10-15-31(23-32)42-40(49)41-30-19-17-28(18-20-30)26(2)45/h4-20,23,36H,3,21-22,24-25H2,1-2H3,(H,43,46)(H2,41,42,49). The van der Waals surface area contributed by atoms with Crippen molar-refractivity contribution < 1.29 is 19.1 Å². The van der Waals surface area contributed by atoms with E-state index in [1.165, 1.54) is 35.6 Å². The highest BCUT2D eigenvalue weighted by Gasteiger charge is 2.31. The third kappa shape index (κ3) is 9.30. The van der Waals surface area contributed by atoms with E-state index in [4.69, 9.17) is 17.0 Å². The molecule has 1 aliphatic rings. The molecule has 0 aliphatic carbocycles. The van der Waals surface area contributed by atoms with Gasteiger partial charge < -0.3 is 20.7 Å². The molecule has 4 aromatic carbocycles. The molecule has 2 heterocycles. The minimum atomic E-state index is -0.616. The van der Waals surface area contributed by atoms with Crippen molar-refractivity contribution in [3.05, 3.63) is 142 Å². The molecule has 1 unspecified atom stereocenters. The minimum Gasteiger partial charge on any atom is -0.462 e. The predicted octanol–water partition coefficient (Wildman–Crippen LogP) is 8.97. The van der Waals surface area contributed by atoms with Crippen LogP contribution in [-0.4, -0.2) is 40.8 Å². The monoisotopic (exact) mass is 734 g/mol. The van der Waals surface area contributed by atoms with E-state index >= 15 is 0 Å². The first-order valence-electron chi connectivity index (χ1n) is 16.7. The number of carbonyl (C=O) groups excluding carboxylic acids is 3.